The van der Waals surface area contributed by atoms with Gasteiger partial charge in [0.05, 0.1) is 12.8 Å². The molecule has 126 valence electrons. The number of nitrogens with zero attached hydrogens (tertiary/aromatic N) is 3. The number of ether oxygens (including phenoxy) is 1. The van der Waals surface area contributed by atoms with Crippen molar-refractivity contribution >= 4 is 5.97 Å². The topological polar surface area (TPSA) is 65.9 Å². The zero-order valence-electron chi connectivity index (χ0n) is 13.9. The molecule has 1 spiro atoms. The minimum absolute atomic E-state index is 0.177. The smallest absolute Gasteiger partial charge is 0.320 e. The molecule has 3 heterocycles. The fraction of sp³-hybridized carbons (Fsp3) is 0.647. The standard InChI is InChI=1S/C17H25N3O3/c1-19-12-17(10-15(19)16(21)22)4-7-20(8-5-17)11-13-9-14(23-2)3-6-18-13/h3,6,9,15H,4-5,7-8,10-12H2,1-2H3,(H,21,22). The molecule has 1 N–H and O–H groups in total. The van der Waals surface area contributed by atoms with Gasteiger partial charge in [-0.2, -0.15) is 0 Å². The summed E-state index contributed by atoms with van der Waals surface area (Å²) in [4.78, 5) is 20.1. The van der Waals surface area contributed by atoms with Crippen molar-refractivity contribution < 1.29 is 14.6 Å². The van der Waals surface area contributed by atoms with Crippen molar-refractivity contribution in [1.82, 2.24) is 14.8 Å². The number of hydrogen-bond donors (Lipinski definition) is 1. The zero-order valence-corrected chi connectivity index (χ0v) is 13.9. The number of likely N-dealkylation sites (tertiary alicyclic amines) is 2. The number of carboxylic acid groups (broad SMARTS) is 1. The van der Waals surface area contributed by atoms with E-state index in [9.17, 15) is 9.90 Å². The lowest BCUT2D eigenvalue weighted by atomic mass is 9.76. The van der Waals surface area contributed by atoms with Crippen LogP contribution in [0.3, 0.4) is 0 Å². The van der Waals surface area contributed by atoms with E-state index in [1.807, 2.05) is 24.1 Å². The number of carboxylic acids is 1. The molecule has 23 heavy (non-hydrogen) atoms. The van der Waals surface area contributed by atoms with Gasteiger partial charge in [0.25, 0.3) is 0 Å². The van der Waals surface area contributed by atoms with Gasteiger partial charge in [-0.25, -0.2) is 0 Å². The van der Waals surface area contributed by atoms with Gasteiger partial charge in [0.1, 0.15) is 11.8 Å². The van der Waals surface area contributed by atoms with Gasteiger partial charge in [-0.15, -0.1) is 0 Å². The van der Waals surface area contributed by atoms with E-state index < -0.39 is 5.97 Å². The summed E-state index contributed by atoms with van der Waals surface area (Å²) in [6, 6.07) is 3.52. The van der Waals surface area contributed by atoms with Gasteiger partial charge in [0.2, 0.25) is 0 Å². The average Bonchev–Trinajstić information content (AvgIpc) is 2.87. The van der Waals surface area contributed by atoms with Crippen LogP contribution < -0.4 is 4.74 Å². The largest absolute Gasteiger partial charge is 0.497 e. The number of hydrogen-bond acceptors (Lipinski definition) is 5. The molecular weight excluding hydrogens is 294 g/mol. The number of aromatic nitrogens is 1. The third-order valence-electron chi connectivity index (χ3n) is 5.35. The molecule has 0 radical (unpaired) electrons. The van der Waals surface area contributed by atoms with Crippen molar-refractivity contribution in [2.45, 2.75) is 31.8 Å². The summed E-state index contributed by atoms with van der Waals surface area (Å²) >= 11 is 0. The number of piperidine rings is 1. The van der Waals surface area contributed by atoms with Crippen molar-refractivity contribution in [2.24, 2.45) is 5.41 Å². The third-order valence-corrected chi connectivity index (χ3v) is 5.35. The minimum atomic E-state index is -0.688. The molecule has 0 amide bonds. The van der Waals surface area contributed by atoms with E-state index in [1.54, 1.807) is 13.3 Å². The number of methoxy groups -OCH3 is 1. The molecule has 0 aromatic carbocycles. The molecule has 2 aliphatic rings. The normalized spacial score (nSPS) is 24.9. The van der Waals surface area contributed by atoms with Gasteiger partial charge in [0, 0.05) is 25.4 Å². The summed E-state index contributed by atoms with van der Waals surface area (Å²) in [5, 5.41) is 9.32. The number of carbonyl (C=O) groups is 1. The van der Waals surface area contributed by atoms with Crippen molar-refractivity contribution in [3.63, 3.8) is 0 Å². The Morgan fingerprint density at radius 3 is 2.83 bits per heavy atom. The summed E-state index contributed by atoms with van der Waals surface area (Å²) in [5.41, 5.74) is 1.20. The highest BCUT2D eigenvalue weighted by Crippen LogP contribution is 2.43. The Hall–Kier alpha value is -1.66. The second-order valence-electron chi connectivity index (χ2n) is 6.94. The van der Waals surface area contributed by atoms with E-state index in [4.69, 9.17) is 4.74 Å². The quantitative estimate of drug-likeness (QED) is 0.906. The highest BCUT2D eigenvalue weighted by Gasteiger charge is 2.46. The number of aliphatic carboxylic acids is 1. The second kappa shape index (κ2) is 6.45. The van der Waals surface area contributed by atoms with Crippen LogP contribution in [0.25, 0.3) is 0 Å². The minimum Gasteiger partial charge on any atom is -0.497 e. The molecule has 6 nitrogen and oxygen atoms in total. The van der Waals surface area contributed by atoms with Crippen LogP contribution in [0.5, 0.6) is 5.75 Å². The summed E-state index contributed by atoms with van der Waals surface area (Å²) < 4.78 is 5.25. The number of pyridine rings is 1. The lowest BCUT2D eigenvalue weighted by Crippen LogP contribution is -2.41. The molecule has 6 heteroatoms. The Morgan fingerprint density at radius 2 is 2.22 bits per heavy atom. The Bertz CT molecular complexity index is 570. The van der Waals surface area contributed by atoms with E-state index in [-0.39, 0.29) is 11.5 Å². The molecule has 0 saturated carbocycles. The maximum atomic E-state index is 11.3. The maximum Gasteiger partial charge on any atom is 0.320 e. The van der Waals surface area contributed by atoms with Crippen LogP contribution in [0.2, 0.25) is 0 Å². The zero-order chi connectivity index (χ0) is 16.4. The summed E-state index contributed by atoms with van der Waals surface area (Å²) in [6.07, 6.45) is 4.68. The van der Waals surface area contributed by atoms with Crippen LogP contribution in [0.4, 0.5) is 0 Å². The highest BCUT2D eigenvalue weighted by molar-refractivity contribution is 5.74. The van der Waals surface area contributed by atoms with Gasteiger partial charge in [-0.3, -0.25) is 19.6 Å². The van der Waals surface area contributed by atoms with Gasteiger partial charge < -0.3 is 9.84 Å². The molecule has 0 aliphatic carbocycles. The first kappa shape index (κ1) is 16.2. The monoisotopic (exact) mass is 319 g/mol. The Kier molecular flexibility index (Phi) is 4.55. The van der Waals surface area contributed by atoms with E-state index in [0.29, 0.717) is 0 Å². The van der Waals surface area contributed by atoms with Crippen LogP contribution in [0.1, 0.15) is 25.0 Å². The van der Waals surface area contributed by atoms with Gasteiger partial charge in [-0.1, -0.05) is 0 Å². The molecule has 2 saturated heterocycles. The first-order valence-electron chi connectivity index (χ1n) is 8.16. The lowest BCUT2D eigenvalue weighted by Gasteiger charge is -2.39. The summed E-state index contributed by atoms with van der Waals surface area (Å²) in [5.74, 6) is 0.151. The van der Waals surface area contributed by atoms with Crippen molar-refractivity contribution in [3.05, 3.63) is 24.0 Å². The molecular formula is C17H25N3O3. The van der Waals surface area contributed by atoms with Gasteiger partial charge in [-0.05, 0) is 50.9 Å². The third kappa shape index (κ3) is 3.48. The highest BCUT2D eigenvalue weighted by atomic mass is 16.5. The molecule has 3 rings (SSSR count). The van der Waals surface area contributed by atoms with Crippen molar-refractivity contribution in [1.29, 1.82) is 0 Å². The summed E-state index contributed by atoms with van der Waals surface area (Å²) in [7, 11) is 3.60. The molecule has 1 atom stereocenters. The molecule has 1 aromatic rings. The fourth-order valence-electron chi connectivity index (χ4n) is 3.99. The maximum absolute atomic E-state index is 11.3. The van der Waals surface area contributed by atoms with Gasteiger partial charge >= 0.3 is 5.97 Å². The van der Waals surface area contributed by atoms with Crippen LogP contribution >= 0.6 is 0 Å². The summed E-state index contributed by atoms with van der Waals surface area (Å²) in [6.45, 7) is 3.72. The Balaban J connectivity index is 1.57. The average molecular weight is 319 g/mol. The van der Waals surface area contributed by atoms with Gasteiger partial charge in [0.15, 0.2) is 0 Å². The van der Waals surface area contributed by atoms with Crippen LogP contribution in [-0.4, -0.2) is 65.7 Å². The van der Waals surface area contributed by atoms with E-state index in [2.05, 4.69) is 9.88 Å². The second-order valence-corrected chi connectivity index (χ2v) is 6.94. The van der Waals surface area contributed by atoms with Crippen LogP contribution in [0, 0.1) is 5.41 Å². The van der Waals surface area contributed by atoms with E-state index in [0.717, 1.165) is 56.9 Å². The van der Waals surface area contributed by atoms with Crippen LogP contribution in [0.15, 0.2) is 18.3 Å². The Labute approximate surface area is 137 Å². The van der Waals surface area contributed by atoms with E-state index >= 15 is 0 Å². The van der Waals surface area contributed by atoms with Crippen LogP contribution in [-0.2, 0) is 11.3 Å². The molecule has 2 fully saturated rings. The fourth-order valence-corrected chi connectivity index (χ4v) is 3.99. The Morgan fingerprint density at radius 1 is 1.48 bits per heavy atom. The molecule has 0 bridgehead atoms. The first-order chi connectivity index (χ1) is 11.0. The molecule has 2 aliphatic heterocycles. The lowest BCUT2D eigenvalue weighted by molar-refractivity contribution is -0.141. The van der Waals surface area contributed by atoms with E-state index in [1.165, 1.54) is 0 Å². The number of likely N-dealkylation sites (N-methyl/N-ethyl adjacent to an activating group) is 1. The predicted octanol–water partition coefficient (Wildman–Crippen LogP) is 1.46. The molecule has 1 aromatic heterocycles. The first-order valence-corrected chi connectivity index (χ1v) is 8.16. The van der Waals surface area contributed by atoms with Crippen molar-refractivity contribution in [3.8, 4) is 5.75 Å². The predicted molar refractivity (Wildman–Crippen MR) is 86.4 cm³/mol. The SMILES string of the molecule is COc1ccnc(CN2CCC3(CC2)CC(C(=O)O)N(C)C3)c1. The number of rotatable bonds is 4. The molecule has 1 unspecified atom stereocenters. The van der Waals surface area contributed by atoms with Crippen molar-refractivity contribution in [2.75, 3.05) is 33.8 Å².